The quantitative estimate of drug-likeness (QED) is 0.871. The first-order chi connectivity index (χ1) is 8.58. The number of rotatable bonds is 3. The molecule has 1 saturated heterocycles. The van der Waals surface area contributed by atoms with Gasteiger partial charge in [-0.15, -0.1) is 0 Å². The molecule has 1 aromatic rings. The maximum atomic E-state index is 5.77. The molecule has 2 unspecified atom stereocenters. The van der Waals surface area contributed by atoms with E-state index in [-0.39, 0.29) is 0 Å². The summed E-state index contributed by atoms with van der Waals surface area (Å²) in [7, 11) is 0. The van der Waals surface area contributed by atoms with E-state index in [4.69, 9.17) is 5.73 Å². The van der Waals surface area contributed by atoms with Crippen LogP contribution in [0.3, 0.4) is 0 Å². The molecule has 5 nitrogen and oxygen atoms in total. The van der Waals surface area contributed by atoms with Crippen LogP contribution >= 0.6 is 11.8 Å². The van der Waals surface area contributed by atoms with E-state index in [2.05, 4.69) is 34.0 Å². The number of nitrogens with two attached hydrogens (primary N) is 1. The van der Waals surface area contributed by atoms with Gasteiger partial charge in [0.1, 0.15) is 11.6 Å². The van der Waals surface area contributed by atoms with Crippen LogP contribution in [0.1, 0.15) is 20.8 Å². The molecule has 0 bridgehead atoms. The molecule has 1 fully saturated rings. The van der Waals surface area contributed by atoms with E-state index >= 15 is 0 Å². The Labute approximate surface area is 113 Å². The Morgan fingerprint density at radius 3 is 2.67 bits per heavy atom. The maximum absolute atomic E-state index is 5.77. The predicted molar refractivity (Wildman–Crippen MR) is 79.3 cm³/mol. The average Bonchev–Trinajstić information content (AvgIpc) is 2.27. The summed E-state index contributed by atoms with van der Waals surface area (Å²) < 4.78 is 0. The fourth-order valence-electron chi connectivity index (χ4n) is 2.25. The highest BCUT2D eigenvalue weighted by Crippen LogP contribution is 2.28. The van der Waals surface area contributed by atoms with Gasteiger partial charge in [-0.05, 0) is 6.92 Å². The molecule has 0 aliphatic carbocycles. The number of aromatic nitrogens is 2. The molecular weight excluding hydrogens is 246 g/mol. The average molecular weight is 267 g/mol. The van der Waals surface area contributed by atoms with Gasteiger partial charge in [-0.3, -0.25) is 0 Å². The van der Waals surface area contributed by atoms with Crippen molar-refractivity contribution in [3.05, 3.63) is 6.07 Å². The fourth-order valence-corrected chi connectivity index (χ4v) is 3.58. The summed E-state index contributed by atoms with van der Waals surface area (Å²) in [6, 6.07) is 1.98. The molecule has 18 heavy (non-hydrogen) atoms. The highest BCUT2D eigenvalue weighted by atomic mass is 32.2. The molecule has 2 heterocycles. The Hall–Kier alpha value is -1.17. The lowest BCUT2D eigenvalue weighted by molar-refractivity contribution is 0.718. The van der Waals surface area contributed by atoms with Crippen molar-refractivity contribution >= 4 is 29.3 Å². The monoisotopic (exact) mass is 267 g/mol. The second kappa shape index (κ2) is 5.65. The van der Waals surface area contributed by atoms with Crippen molar-refractivity contribution in [1.82, 2.24) is 9.97 Å². The molecular formula is C12H21N5S. The summed E-state index contributed by atoms with van der Waals surface area (Å²) in [5.74, 6) is 2.07. The van der Waals surface area contributed by atoms with Gasteiger partial charge in [-0.25, -0.2) is 0 Å². The largest absolute Gasteiger partial charge is 0.370 e. The fraction of sp³-hybridized carbons (Fsp3) is 0.667. The predicted octanol–water partition coefficient (Wildman–Crippen LogP) is 1.82. The van der Waals surface area contributed by atoms with E-state index in [1.165, 1.54) is 0 Å². The minimum absolute atomic E-state index is 0.335. The molecule has 0 spiro atoms. The third kappa shape index (κ3) is 3.19. The lowest BCUT2D eigenvalue weighted by atomic mass is 10.3. The van der Waals surface area contributed by atoms with Gasteiger partial charge in [0.25, 0.3) is 0 Å². The van der Waals surface area contributed by atoms with Crippen molar-refractivity contribution in [2.45, 2.75) is 31.3 Å². The van der Waals surface area contributed by atoms with Gasteiger partial charge in [-0.1, -0.05) is 13.8 Å². The van der Waals surface area contributed by atoms with Crippen molar-refractivity contribution < 1.29 is 0 Å². The molecule has 100 valence electrons. The van der Waals surface area contributed by atoms with Crippen LogP contribution in [0.15, 0.2) is 6.07 Å². The Morgan fingerprint density at radius 1 is 1.39 bits per heavy atom. The van der Waals surface area contributed by atoms with Gasteiger partial charge < -0.3 is 16.0 Å². The van der Waals surface area contributed by atoms with Crippen LogP contribution in [-0.4, -0.2) is 40.1 Å². The zero-order valence-corrected chi connectivity index (χ0v) is 12.0. The zero-order valence-electron chi connectivity index (χ0n) is 11.2. The molecule has 1 aliphatic heterocycles. The van der Waals surface area contributed by atoms with Crippen molar-refractivity contribution in [3.63, 3.8) is 0 Å². The van der Waals surface area contributed by atoms with Gasteiger partial charge in [-0.2, -0.15) is 21.7 Å². The topological polar surface area (TPSA) is 67.1 Å². The summed E-state index contributed by atoms with van der Waals surface area (Å²) in [4.78, 5) is 10.8. The second-order valence-corrected chi connectivity index (χ2v) is 6.54. The first-order valence-electron chi connectivity index (χ1n) is 6.37. The number of nitrogen functional groups attached to an aromatic ring is 1. The van der Waals surface area contributed by atoms with Crippen LogP contribution in [0, 0.1) is 0 Å². The van der Waals surface area contributed by atoms with E-state index in [0.29, 0.717) is 16.4 Å². The van der Waals surface area contributed by atoms with Crippen molar-refractivity contribution in [2.24, 2.45) is 0 Å². The van der Waals surface area contributed by atoms with Crippen LogP contribution < -0.4 is 16.0 Å². The van der Waals surface area contributed by atoms with E-state index in [1.807, 2.05) is 24.8 Å². The molecule has 6 heteroatoms. The van der Waals surface area contributed by atoms with Crippen LogP contribution in [0.25, 0.3) is 0 Å². The van der Waals surface area contributed by atoms with E-state index in [1.54, 1.807) is 0 Å². The molecule has 2 rings (SSSR count). The van der Waals surface area contributed by atoms with Crippen molar-refractivity contribution in [3.8, 4) is 0 Å². The van der Waals surface area contributed by atoms with Crippen molar-refractivity contribution in [2.75, 3.05) is 35.6 Å². The van der Waals surface area contributed by atoms with E-state index in [9.17, 15) is 0 Å². The molecule has 1 aliphatic rings. The Balaban J connectivity index is 2.21. The lowest BCUT2D eigenvalue weighted by Crippen LogP contribution is -2.41. The van der Waals surface area contributed by atoms with Crippen LogP contribution in [0.4, 0.5) is 17.6 Å². The molecule has 0 amide bonds. The number of nitrogens with one attached hydrogen (secondary N) is 1. The number of hydrogen-bond acceptors (Lipinski definition) is 6. The SMILES string of the molecule is CCNc1cc(N2CC(C)SC(C)C2)nc(N)n1. The summed E-state index contributed by atoms with van der Waals surface area (Å²) in [5.41, 5.74) is 5.77. The highest BCUT2D eigenvalue weighted by Gasteiger charge is 2.23. The third-order valence-electron chi connectivity index (χ3n) is 2.83. The Kier molecular flexibility index (Phi) is 4.16. The van der Waals surface area contributed by atoms with Crippen LogP contribution in [0.5, 0.6) is 0 Å². The summed E-state index contributed by atoms with van der Waals surface area (Å²) in [5, 5.41) is 4.42. The third-order valence-corrected chi connectivity index (χ3v) is 4.06. The van der Waals surface area contributed by atoms with E-state index in [0.717, 1.165) is 31.3 Å². The first-order valence-corrected chi connectivity index (χ1v) is 7.31. The summed E-state index contributed by atoms with van der Waals surface area (Å²) >= 11 is 2.03. The number of thioether (sulfide) groups is 1. The smallest absolute Gasteiger partial charge is 0.223 e. The van der Waals surface area contributed by atoms with Gasteiger partial charge in [0, 0.05) is 36.2 Å². The minimum atomic E-state index is 0.335. The van der Waals surface area contributed by atoms with Gasteiger partial charge >= 0.3 is 0 Å². The normalized spacial score (nSPS) is 24.1. The van der Waals surface area contributed by atoms with Crippen molar-refractivity contribution in [1.29, 1.82) is 0 Å². The molecule has 2 atom stereocenters. The standard InChI is InChI=1S/C12H21N5S/c1-4-14-10-5-11(16-12(13)15-10)17-6-8(2)18-9(3)7-17/h5,8-9H,4,6-7H2,1-3H3,(H3,13,14,15,16). The second-order valence-electron chi connectivity index (χ2n) is 4.66. The Bertz CT molecular complexity index is 401. The summed E-state index contributed by atoms with van der Waals surface area (Å²) in [6.07, 6.45) is 0. The molecule has 0 saturated carbocycles. The maximum Gasteiger partial charge on any atom is 0.223 e. The van der Waals surface area contributed by atoms with Gasteiger partial charge in [0.15, 0.2) is 0 Å². The summed E-state index contributed by atoms with van der Waals surface area (Å²) in [6.45, 7) is 9.40. The molecule has 1 aromatic heterocycles. The highest BCUT2D eigenvalue weighted by molar-refractivity contribution is 8.00. The van der Waals surface area contributed by atoms with Crippen LogP contribution in [-0.2, 0) is 0 Å². The number of anilines is 3. The van der Waals surface area contributed by atoms with E-state index < -0.39 is 0 Å². The minimum Gasteiger partial charge on any atom is -0.370 e. The van der Waals surface area contributed by atoms with Gasteiger partial charge in [0.05, 0.1) is 0 Å². The molecule has 3 N–H and O–H groups in total. The zero-order chi connectivity index (χ0) is 13.1. The Morgan fingerprint density at radius 2 is 2.06 bits per heavy atom. The van der Waals surface area contributed by atoms with Gasteiger partial charge in [0.2, 0.25) is 5.95 Å². The first kappa shape index (κ1) is 13.3. The lowest BCUT2D eigenvalue weighted by Gasteiger charge is -2.35. The van der Waals surface area contributed by atoms with Crippen LogP contribution in [0.2, 0.25) is 0 Å². The number of hydrogen-bond donors (Lipinski definition) is 2. The molecule has 0 radical (unpaired) electrons. The number of nitrogens with zero attached hydrogens (tertiary/aromatic N) is 3. The molecule has 0 aromatic carbocycles.